The molecule has 0 spiro atoms. The molecular formula is C10H15N3O2S2. The highest BCUT2D eigenvalue weighted by molar-refractivity contribution is 7.90. The number of nitrogens with one attached hydrogen (secondary N) is 1. The number of hydrogen-bond donors (Lipinski definition) is 2. The molecule has 0 bridgehead atoms. The molecule has 1 fully saturated rings. The largest absolute Gasteiger partial charge is 0.383 e. The van der Waals surface area contributed by atoms with E-state index < -0.39 is 9.84 Å². The lowest BCUT2D eigenvalue weighted by atomic mass is 10.2. The average Bonchev–Trinajstić information content (AvgIpc) is 3.00. The Bertz CT molecular complexity index is 544. The Morgan fingerprint density at radius 2 is 2.24 bits per heavy atom. The molecule has 0 radical (unpaired) electrons. The Morgan fingerprint density at radius 1 is 1.59 bits per heavy atom. The van der Waals surface area contributed by atoms with E-state index in [9.17, 15) is 8.42 Å². The van der Waals surface area contributed by atoms with Gasteiger partial charge in [-0.2, -0.15) is 0 Å². The van der Waals surface area contributed by atoms with E-state index in [1.807, 2.05) is 0 Å². The standard InChI is InChI=1S/C10H15N3O2S2/c1-2-17(14,15)5-7-13-8(6-3-4-6)9(16-7)10(11)12/h6H,2-5H2,1H3,(H3,11,12). The molecule has 0 amide bonds. The summed E-state index contributed by atoms with van der Waals surface area (Å²) < 4.78 is 23.1. The number of hydrogen-bond acceptors (Lipinski definition) is 5. The molecule has 1 saturated carbocycles. The lowest BCUT2D eigenvalue weighted by Gasteiger charge is -1.95. The van der Waals surface area contributed by atoms with Gasteiger partial charge in [-0.3, -0.25) is 5.41 Å². The fourth-order valence-electron chi connectivity index (χ4n) is 1.56. The number of thiazole rings is 1. The zero-order valence-corrected chi connectivity index (χ0v) is 11.2. The third-order valence-corrected chi connectivity index (χ3v) is 5.57. The number of amidine groups is 1. The van der Waals surface area contributed by atoms with Crippen LogP contribution in [0.1, 0.15) is 41.3 Å². The van der Waals surface area contributed by atoms with Crippen molar-refractivity contribution in [3.05, 3.63) is 15.6 Å². The maximum atomic E-state index is 11.5. The van der Waals surface area contributed by atoms with Crippen molar-refractivity contribution in [2.45, 2.75) is 31.4 Å². The van der Waals surface area contributed by atoms with Crippen molar-refractivity contribution in [3.63, 3.8) is 0 Å². The first kappa shape index (κ1) is 12.5. The van der Waals surface area contributed by atoms with Gasteiger partial charge in [0.2, 0.25) is 0 Å². The summed E-state index contributed by atoms with van der Waals surface area (Å²) in [6.45, 7) is 1.62. The van der Waals surface area contributed by atoms with Crippen LogP contribution in [0, 0.1) is 5.41 Å². The second-order valence-corrected chi connectivity index (χ2v) is 7.62. The van der Waals surface area contributed by atoms with Crippen molar-refractivity contribution in [1.82, 2.24) is 4.98 Å². The van der Waals surface area contributed by atoms with E-state index in [4.69, 9.17) is 11.1 Å². The third kappa shape index (κ3) is 2.84. The molecule has 7 heteroatoms. The molecule has 17 heavy (non-hydrogen) atoms. The topological polar surface area (TPSA) is 96.9 Å². The summed E-state index contributed by atoms with van der Waals surface area (Å²) in [4.78, 5) is 4.99. The molecule has 1 aliphatic rings. The van der Waals surface area contributed by atoms with Crippen LogP contribution in [0.25, 0.3) is 0 Å². The Labute approximate surface area is 104 Å². The van der Waals surface area contributed by atoms with Crippen molar-refractivity contribution in [2.24, 2.45) is 5.73 Å². The van der Waals surface area contributed by atoms with Crippen molar-refractivity contribution < 1.29 is 8.42 Å². The zero-order valence-electron chi connectivity index (χ0n) is 9.56. The molecule has 94 valence electrons. The Kier molecular flexibility index (Phi) is 3.22. The van der Waals surface area contributed by atoms with Crippen molar-refractivity contribution >= 4 is 27.0 Å². The molecule has 0 atom stereocenters. The van der Waals surface area contributed by atoms with Gasteiger partial charge in [-0.1, -0.05) is 6.92 Å². The zero-order chi connectivity index (χ0) is 12.6. The van der Waals surface area contributed by atoms with E-state index in [2.05, 4.69) is 4.98 Å². The normalized spacial score (nSPS) is 16.1. The molecule has 5 nitrogen and oxygen atoms in total. The van der Waals surface area contributed by atoms with Crippen LogP contribution in [0.3, 0.4) is 0 Å². The van der Waals surface area contributed by atoms with Crippen LogP contribution >= 0.6 is 11.3 Å². The summed E-state index contributed by atoms with van der Waals surface area (Å²) in [5.74, 6) is 0.440. The summed E-state index contributed by atoms with van der Waals surface area (Å²) in [7, 11) is -3.07. The maximum Gasteiger partial charge on any atom is 0.156 e. The number of rotatable bonds is 5. The highest BCUT2D eigenvalue weighted by Gasteiger charge is 2.31. The minimum atomic E-state index is -3.07. The fraction of sp³-hybridized carbons (Fsp3) is 0.600. The van der Waals surface area contributed by atoms with Crippen LogP contribution in [0.2, 0.25) is 0 Å². The summed E-state index contributed by atoms with van der Waals surface area (Å²) in [5.41, 5.74) is 6.32. The van der Waals surface area contributed by atoms with Gasteiger partial charge in [-0.05, 0) is 12.8 Å². The summed E-state index contributed by atoms with van der Waals surface area (Å²) in [6, 6.07) is 0. The smallest absolute Gasteiger partial charge is 0.156 e. The van der Waals surface area contributed by atoms with E-state index in [1.165, 1.54) is 11.3 Å². The Hall–Kier alpha value is -0.950. The minimum Gasteiger partial charge on any atom is -0.383 e. The average molecular weight is 273 g/mol. The van der Waals surface area contributed by atoms with E-state index in [-0.39, 0.29) is 17.3 Å². The van der Waals surface area contributed by atoms with Gasteiger partial charge in [0.15, 0.2) is 9.84 Å². The first-order valence-electron chi connectivity index (χ1n) is 5.47. The lowest BCUT2D eigenvalue weighted by Crippen LogP contribution is -2.11. The monoisotopic (exact) mass is 273 g/mol. The Morgan fingerprint density at radius 3 is 2.71 bits per heavy atom. The summed E-state index contributed by atoms with van der Waals surface area (Å²) in [5, 5.41) is 8.04. The van der Waals surface area contributed by atoms with Gasteiger partial charge in [-0.25, -0.2) is 13.4 Å². The van der Waals surface area contributed by atoms with E-state index in [0.717, 1.165) is 18.5 Å². The molecule has 1 aliphatic carbocycles. The molecular weight excluding hydrogens is 258 g/mol. The molecule has 0 aliphatic heterocycles. The van der Waals surface area contributed by atoms with Gasteiger partial charge >= 0.3 is 0 Å². The second-order valence-electron chi connectivity index (χ2n) is 4.19. The number of aromatic nitrogens is 1. The molecule has 3 N–H and O–H groups in total. The predicted molar refractivity (Wildman–Crippen MR) is 68.3 cm³/mol. The van der Waals surface area contributed by atoms with Gasteiger partial charge in [0.05, 0.1) is 10.6 Å². The van der Waals surface area contributed by atoms with Crippen LogP contribution in [0.15, 0.2) is 0 Å². The second kappa shape index (κ2) is 4.38. The van der Waals surface area contributed by atoms with Crippen LogP contribution in [-0.2, 0) is 15.6 Å². The highest BCUT2D eigenvalue weighted by atomic mass is 32.2. The van der Waals surface area contributed by atoms with Crippen LogP contribution in [-0.4, -0.2) is 25.0 Å². The first-order chi connectivity index (χ1) is 7.93. The van der Waals surface area contributed by atoms with Crippen LogP contribution in [0.5, 0.6) is 0 Å². The predicted octanol–water partition coefficient (Wildman–Crippen LogP) is 1.24. The quantitative estimate of drug-likeness (QED) is 0.623. The van der Waals surface area contributed by atoms with Gasteiger partial charge < -0.3 is 5.73 Å². The van der Waals surface area contributed by atoms with Crippen molar-refractivity contribution in [3.8, 4) is 0 Å². The third-order valence-electron chi connectivity index (χ3n) is 2.69. The SMILES string of the molecule is CCS(=O)(=O)Cc1nc(C2CC2)c(C(=N)N)s1. The summed E-state index contributed by atoms with van der Waals surface area (Å²) in [6.07, 6.45) is 2.12. The van der Waals surface area contributed by atoms with Gasteiger partial charge in [0.1, 0.15) is 16.6 Å². The fourth-order valence-corrected chi connectivity index (χ4v) is 3.78. The minimum absolute atomic E-state index is 0.00968. The van der Waals surface area contributed by atoms with E-state index >= 15 is 0 Å². The van der Waals surface area contributed by atoms with Gasteiger partial charge in [0, 0.05) is 11.7 Å². The summed E-state index contributed by atoms with van der Waals surface area (Å²) >= 11 is 1.24. The molecule has 0 unspecified atom stereocenters. The molecule has 1 heterocycles. The Balaban J connectivity index is 2.31. The maximum absolute atomic E-state index is 11.5. The molecule has 2 rings (SSSR count). The number of nitrogens with two attached hydrogens (primary N) is 1. The number of sulfone groups is 1. The van der Waals surface area contributed by atoms with Gasteiger partial charge in [-0.15, -0.1) is 11.3 Å². The van der Waals surface area contributed by atoms with Crippen LogP contribution in [0.4, 0.5) is 0 Å². The highest BCUT2D eigenvalue weighted by Crippen LogP contribution is 2.42. The first-order valence-corrected chi connectivity index (χ1v) is 8.11. The lowest BCUT2D eigenvalue weighted by molar-refractivity contribution is 0.596. The molecule has 1 aromatic heterocycles. The molecule has 0 saturated heterocycles. The number of nitrogens with zero attached hydrogens (tertiary/aromatic N) is 1. The van der Waals surface area contributed by atoms with Gasteiger partial charge in [0.25, 0.3) is 0 Å². The van der Waals surface area contributed by atoms with Crippen molar-refractivity contribution in [1.29, 1.82) is 5.41 Å². The van der Waals surface area contributed by atoms with E-state index in [1.54, 1.807) is 6.92 Å². The van der Waals surface area contributed by atoms with Crippen molar-refractivity contribution in [2.75, 3.05) is 5.75 Å². The molecule has 1 aromatic rings. The van der Waals surface area contributed by atoms with E-state index in [0.29, 0.717) is 15.8 Å². The van der Waals surface area contributed by atoms with Crippen LogP contribution < -0.4 is 5.73 Å². The number of nitrogen functional groups attached to an aromatic ring is 1. The molecule has 0 aromatic carbocycles.